The van der Waals surface area contributed by atoms with Gasteiger partial charge < -0.3 is 50.0 Å². The van der Waals surface area contributed by atoms with Crippen molar-refractivity contribution in [2.45, 2.75) is 39.0 Å². The van der Waals surface area contributed by atoms with Crippen molar-refractivity contribution in [1.29, 1.82) is 0 Å². The Balaban J connectivity index is 1.19. The molecular formula is C37H60FN15O8. The molecule has 0 aliphatic carbocycles. The fourth-order valence-corrected chi connectivity index (χ4v) is 5.77. The molecule has 4 N–H and O–H groups in total. The minimum atomic E-state index is -1.33. The number of aromatic nitrogens is 6. The minimum absolute atomic E-state index is 0.0121. The summed E-state index contributed by atoms with van der Waals surface area (Å²) in [5.41, 5.74) is 1.50. The van der Waals surface area contributed by atoms with Gasteiger partial charge in [-0.15, -0.1) is 5.10 Å². The highest BCUT2D eigenvalue weighted by atomic mass is 19.1. The maximum atomic E-state index is 14.9. The summed E-state index contributed by atoms with van der Waals surface area (Å²) in [7, 11) is 8.64. The fourth-order valence-electron chi connectivity index (χ4n) is 5.77. The molecule has 1 aliphatic rings. The maximum Gasteiger partial charge on any atom is 0.345 e. The van der Waals surface area contributed by atoms with Crippen LogP contribution in [0.5, 0.6) is 5.88 Å². The van der Waals surface area contributed by atoms with E-state index in [9.17, 15) is 23.6 Å². The lowest BCUT2D eigenvalue weighted by atomic mass is 10.2. The molecule has 2 atom stereocenters. The van der Waals surface area contributed by atoms with Gasteiger partial charge in [0.15, 0.2) is 22.4 Å². The van der Waals surface area contributed by atoms with Gasteiger partial charge in [0.05, 0.1) is 58.5 Å². The Morgan fingerprint density at radius 2 is 1.72 bits per heavy atom. The summed E-state index contributed by atoms with van der Waals surface area (Å²) in [6.07, 6.45) is 3.68. The van der Waals surface area contributed by atoms with Crippen molar-refractivity contribution >= 4 is 52.4 Å². The quantitative estimate of drug-likeness (QED) is 0.0419. The third-order valence-corrected chi connectivity index (χ3v) is 9.51. The summed E-state index contributed by atoms with van der Waals surface area (Å²) in [6.45, 7) is 11.1. The standard InChI is InChI=1S/C37H60FN15O8/c1-9-29(54)42-27-21-51(20-26(27)38)37-44-34(33-35(45-37)50(7)25-41-33)43-28-22-52(46-36(28)58-8)15-12-13-40-30(55)19-39-14-16-49(6)24-32(57)61-53(59-18-17-47(4)10-2)60-31(56)23-48(5)11-3/h9,22,25-27,39H,1,10-21,23-24H2,2-8H3,(H,40,55)(H,42,54)(H,43,44,45)/t26-,27-/m1/s1. The van der Waals surface area contributed by atoms with Gasteiger partial charge in [0.1, 0.15) is 11.9 Å². The number of anilines is 3. The number of imidazole rings is 1. The van der Waals surface area contributed by atoms with Crippen LogP contribution < -0.4 is 30.9 Å². The molecule has 1 aliphatic heterocycles. The van der Waals surface area contributed by atoms with Gasteiger partial charge in [0.2, 0.25) is 17.8 Å². The van der Waals surface area contributed by atoms with Gasteiger partial charge in [-0.2, -0.15) is 9.97 Å². The van der Waals surface area contributed by atoms with Crippen molar-refractivity contribution in [2.75, 3.05) is 117 Å². The Morgan fingerprint density at radius 3 is 2.41 bits per heavy atom. The molecule has 0 aromatic carbocycles. The van der Waals surface area contributed by atoms with E-state index in [-0.39, 0.29) is 51.2 Å². The van der Waals surface area contributed by atoms with Crippen LogP contribution in [0.3, 0.4) is 0 Å². The number of methoxy groups -OCH3 is 1. The molecule has 3 aromatic rings. The highest BCUT2D eigenvalue weighted by Crippen LogP contribution is 2.31. The average Bonchev–Trinajstić information content (AvgIpc) is 3.93. The van der Waals surface area contributed by atoms with Crippen molar-refractivity contribution in [3.05, 3.63) is 25.2 Å². The van der Waals surface area contributed by atoms with Crippen molar-refractivity contribution < 1.29 is 42.8 Å². The van der Waals surface area contributed by atoms with Gasteiger partial charge in [0, 0.05) is 46.3 Å². The predicted octanol–water partition coefficient (Wildman–Crippen LogP) is -0.778. The fraction of sp³-hybridized carbons (Fsp3) is 0.622. The van der Waals surface area contributed by atoms with Crippen LogP contribution in [0.2, 0.25) is 0 Å². The number of likely N-dealkylation sites (N-methyl/N-ethyl adjacent to an activating group) is 3. The minimum Gasteiger partial charge on any atom is -0.478 e. The van der Waals surface area contributed by atoms with E-state index in [4.69, 9.17) is 19.2 Å². The second-order valence-corrected chi connectivity index (χ2v) is 14.4. The molecule has 24 heteroatoms. The van der Waals surface area contributed by atoms with Crippen molar-refractivity contribution in [3.8, 4) is 5.88 Å². The highest BCUT2D eigenvalue weighted by Gasteiger charge is 2.35. The van der Waals surface area contributed by atoms with E-state index in [0.717, 1.165) is 12.6 Å². The normalized spacial score (nSPS) is 15.2. The Morgan fingerprint density at radius 1 is 1.00 bits per heavy atom. The molecule has 0 spiro atoms. The first-order chi connectivity index (χ1) is 29.2. The summed E-state index contributed by atoms with van der Waals surface area (Å²) in [5, 5.41) is 16.7. The Kier molecular flexibility index (Phi) is 19.0. The Labute approximate surface area is 354 Å². The first kappa shape index (κ1) is 48.1. The van der Waals surface area contributed by atoms with Crippen molar-refractivity contribution in [1.82, 2.24) is 65.3 Å². The molecule has 0 radical (unpaired) electrons. The summed E-state index contributed by atoms with van der Waals surface area (Å²) in [5.74, 6) is -1.09. The van der Waals surface area contributed by atoms with Crippen LogP contribution in [0.25, 0.3) is 11.2 Å². The van der Waals surface area contributed by atoms with Gasteiger partial charge in [-0.3, -0.25) is 24.1 Å². The van der Waals surface area contributed by atoms with Crippen LogP contribution in [0, 0.1) is 0 Å². The molecule has 0 bridgehead atoms. The molecule has 1 fully saturated rings. The van der Waals surface area contributed by atoms with Crippen LogP contribution >= 0.6 is 0 Å². The number of ether oxygens (including phenoxy) is 1. The SMILES string of the molecule is C=CC(=O)N[C@@H]1CN(c2nc(Nc3cn(CCCNC(=O)CNCCN(C)CC(=O)ON(OCCN(C)CC)OC(=O)CN(C)CC)nc3OC)c3ncn(C)c3n2)C[C@H]1F. The van der Waals surface area contributed by atoms with Crippen molar-refractivity contribution in [3.63, 3.8) is 0 Å². The summed E-state index contributed by atoms with van der Waals surface area (Å²) >= 11 is 0. The number of amides is 2. The summed E-state index contributed by atoms with van der Waals surface area (Å²) in [4.78, 5) is 85.7. The number of carbonyl (C=O) groups is 4. The number of halogens is 1. The number of carbonyl (C=O) groups excluding carboxylic acids is 4. The van der Waals surface area contributed by atoms with Gasteiger partial charge >= 0.3 is 11.9 Å². The van der Waals surface area contributed by atoms with Gasteiger partial charge in [-0.25, -0.2) is 23.8 Å². The second-order valence-electron chi connectivity index (χ2n) is 14.4. The first-order valence-electron chi connectivity index (χ1n) is 20.0. The van der Waals surface area contributed by atoms with E-state index in [1.165, 1.54) is 7.11 Å². The third-order valence-electron chi connectivity index (χ3n) is 9.51. The summed E-state index contributed by atoms with van der Waals surface area (Å²) < 4.78 is 23.8. The number of fused-ring (bicyclic) bond motifs is 1. The van der Waals surface area contributed by atoms with E-state index in [1.807, 2.05) is 25.8 Å². The lowest BCUT2D eigenvalue weighted by molar-refractivity contribution is -0.485. The van der Waals surface area contributed by atoms with E-state index in [2.05, 4.69) is 47.9 Å². The van der Waals surface area contributed by atoms with Crippen LogP contribution in [0.15, 0.2) is 25.2 Å². The summed E-state index contributed by atoms with van der Waals surface area (Å²) in [6, 6.07) is -0.745. The lowest BCUT2D eigenvalue weighted by Gasteiger charge is -2.22. The van der Waals surface area contributed by atoms with Crippen LogP contribution in [-0.2, 0) is 47.3 Å². The molecule has 23 nitrogen and oxygen atoms in total. The Bertz CT molecular complexity index is 1910. The number of nitrogens with zero attached hydrogens (tertiary/aromatic N) is 11. The molecule has 3 aromatic heterocycles. The molecule has 4 rings (SSSR count). The molecule has 0 saturated carbocycles. The van der Waals surface area contributed by atoms with E-state index >= 15 is 0 Å². The van der Waals surface area contributed by atoms with E-state index in [1.54, 1.807) is 57.6 Å². The largest absolute Gasteiger partial charge is 0.478 e. The highest BCUT2D eigenvalue weighted by molar-refractivity contribution is 5.88. The van der Waals surface area contributed by atoms with E-state index < -0.39 is 30.1 Å². The number of hydrogen-bond donors (Lipinski definition) is 4. The molecule has 0 unspecified atom stereocenters. The second kappa shape index (κ2) is 24.0. The van der Waals surface area contributed by atoms with E-state index in [0.29, 0.717) is 79.6 Å². The maximum absolute atomic E-state index is 14.9. The number of nitrogens with one attached hydrogen (secondary N) is 4. The molecule has 4 heterocycles. The first-order valence-corrected chi connectivity index (χ1v) is 20.0. The third kappa shape index (κ3) is 15.2. The average molecular weight is 862 g/mol. The predicted molar refractivity (Wildman–Crippen MR) is 222 cm³/mol. The zero-order valence-corrected chi connectivity index (χ0v) is 36.1. The number of hydrogen-bond acceptors (Lipinski definition) is 19. The van der Waals surface area contributed by atoms with Crippen LogP contribution in [0.4, 0.5) is 21.8 Å². The smallest absolute Gasteiger partial charge is 0.345 e. The number of rotatable bonds is 27. The van der Waals surface area contributed by atoms with Crippen molar-refractivity contribution in [2.24, 2.45) is 7.05 Å². The molecule has 1 saturated heterocycles. The molecule has 338 valence electrons. The van der Waals surface area contributed by atoms with Crippen LogP contribution in [0.1, 0.15) is 20.3 Å². The van der Waals surface area contributed by atoms with Gasteiger partial charge in [-0.1, -0.05) is 20.4 Å². The molecular weight excluding hydrogens is 802 g/mol. The zero-order valence-electron chi connectivity index (χ0n) is 36.1. The van der Waals surface area contributed by atoms with Gasteiger partial charge in [-0.05, 0) is 46.7 Å². The van der Waals surface area contributed by atoms with Gasteiger partial charge in [0.25, 0.3) is 5.88 Å². The topological polar surface area (TPSA) is 231 Å². The Hall–Kier alpha value is -5.53. The molecule has 2 amide bonds. The lowest BCUT2D eigenvalue weighted by Crippen LogP contribution is -2.41. The zero-order chi connectivity index (χ0) is 44.5. The van der Waals surface area contributed by atoms with Crippen LogP contribution in [-0.4, -0.2) is 192 Å². The molecule has 61 heavy (non-hydrogen) atoms. The number of aryl methyl sites for hydroxylation is 2. The monoisotopic (exact) mass is 861 g/mol. The number of alkyl halides is 1.